The first-order valence-corrected chi connectivity index (χ1v) is 40.3. The number of carboxylic acid groups (broad SMARTS) is 3. The highest BCUT2D eigenvalue weighted by atomic mass is 79.9. The van der Waals surface area contributed by atoms with Gasteiger partial charge in [-0.3, -0.25) is 48.1 Å². The van der Waals surface area contributed by atoms with Crippen LogP contribution in [0.3, 0.4) is 0 Å². The lowest BCUT2D eigenvalue weighted by molar-refractivity contribution is -0.168. The van der Waals surface area contributed by atoms with Crippen LogP contribution in [-0.2, 0) is 90.6 Å². The topological polar surface area (TPSA) is 477 Å². The van der Waals surface area contributed by atoms with Gasteiger partial charge in [0.1, 0.15) is 92.3 Å². The number of esters is 8. The van der Waals surface area contributed by atoms with Crippen molar-refractivity contribution < 1.29 is 171 Å². The van der Waals surface area contributed by atoms with Gasteiger partial charge in [-0.2, -0.15) is 0 Å². The summed E-state index contributed by atoms with van der Waals surface area (Å²) in [5, 5.41) is 38.0. The van der Waals surface area contributed by atoms with E-state index in [1.165, 1.54) is 67.6 Å². The summed E-state index contributed by atoms with van der Waals surface area (Å²) >= 11 is 2.91. The number of para-hydroxylation sites is 4. The van der Waals surface area contributed by atoms with Crippen LogP contribution in [0.2, 0.25) is 0 Å². The lowest BCUT2D eigenvalue weighted by atomic mass is 9.93. The van der Waals surface area contributed by atoms with E-state index in [0.717, 1.165) is 92.9 Å². The Labute approximate surface area is 773 Å². The molecule has 134 heavy (non-hydrogen) atoms. The average molecular weight is 1950 g/mol. The highest BCUT2D eigenvalue weighted by Crippen LogP contribution is 2.47. The second-order valence-electron chi connectivity index (χ2n) is 27.6. The number of rotatable bonds is 41. The van der Waals surface area contributed by atoms with Crippen LogP contribution in [0.25, 0.3) is 66.8 Å². The molecule has 37 nitrogen and oxygen atoms in total. The van der Waals surface area contributed by atoms with Crippen LogP contribution < -0.4 is 53.8 Å². The molecule has 0 aromatic heterocycles. The Hall–Kier alpha value is -15.0. The zero-order valence-electron chi connectivity index (χ0n) is 71.9. The number of aliphatic carboxylic acids is 3. The molecule has 2 aliphatic heterocycles. The van der Waals surface area contributed by atoms with Crippen LogP contribution >= 0.6 is 15.9 Å². The third-order valence-corrected chi connectivity index (χ3v) is 18.0. The number of fused-ring (bicyclic) bond motifs is 4. The predicted molar refractivity (Wildman–Crippen MR) is 478 cm³/mol. The quantitative estimate of drug-likeness (QED) is 0.00526. The SMILES string of the molecule is C.C.C.CC(=O)OCBr.CCN(C(C)C)C(C)C.COC(=O)COC(=O)CN(CC(=O)OCOC(C)=O)c1ccc(-c2c3cc(F)c(=O)cc-3oc3cc(OCC(=O)OC)c(F)cc23)cc1OCCOc1ccccc1OCC(=O)OCOC(C)=O.O=C(O)COc1ccccc1OCCOc1cc(-c2c3cc(F)c(=O)cc-3oc3cc(O)c(F)cc23)ccc1N(CC(=O)O)CC(=O)O. The van der Waals surface area contributed by atoms with Gasteiger partial charge in [0.15, 0.2) is 84.2 Å². The van der Waals surface area contributed by atoms with Crippen molar-refractivity contribution in [3.05, 3.63) is 177 Å². The molecule has 0 amide bonds. The lowest BCUT2D eigenvalue weighted by Crippen LogP contribution is -2.37. The van der Waals surface area contributed by atoms with Crippen molar-refractivity contribution in [3.8, 4) is 90.9 Å². The molecule has 2 aliphatic carbocycles. The minimum atomic E-state index is -1.34. The van der Waals surface area contributed by atoms with E-state index in [1.54, 1.807) is 24.3 Å². The summed E-state index contributed by atoms with van der Waals surface area (Å²) in [6.07, 6.45) is 0. The summed E-state index contributed by atoms with van der Waals surface area (Å²) in [4.78, 5) is 157. The van der Waals surface area contributed by atoms with Gasteiger partial charge in [0, 0.05) is 90.1 Å². The number of carbonyl (C=O) groups excluding carboxylic acids is 8. The van der Waals surface area contributed by atoms with Crippen molar-refractivity contribution in [1.29, 1.82) is 0 Å². The maximum atomic E-state index is 15.7. The predicted octanol–water partition coefficient (Wildman–Crippen LogP) is 13.3. The molecule has 0 unspecified atom stereocenters. The first-order valence-electron chi connectivity index (χ1n) is 39.2. The fourth-order valence-corrected chi connectivity index (χ4v) is 12.6. The standard InChI is InChI=1S/C45H41F2NO20.C33H25F2NO12.C8H19N.C3H5BrO2.3CH4/c1-25(49)64-23-66-41(53)19-48(18-40(52)63-21-43(55)58-4)32-10-9-27(13-39(32)60-12-11-59-34-7-5-6-8-35(34)61-22-44(56)67-24-65-26(2)50)45-28-14-30(46)33(51)16-36(28)68-37-17-38(31(47)15-29(37)45)62-20-42(54)57-3;34-20-10-18-27(12-23(20)37)48-28-13-24(38)21(35)11-19(28)33(18)17-5-6-22(36(14-30(39)40)15-31(41)42)29(9-17)46-8-7-45-25-3-1-2-4-26(25)47-16-32(43)44;1-6-9(7(2)3)8(4)5;1-3(5)6-2-4;;;/h5-10,13-17H,11-12,18-24H2,1-4H3;1-6,9-13,37H,7-8,14-16H2,(H,39,40)(H,41,42)(H,43,44);7-8H,6H2,1-5H3;2H2,1H3;3*1H4. The van der Waals surface area contributed by atoms with Gasteiger partial charge in [0.25, 0.3) is 0 Å². The second kappa shape index (κ2) is 54.6. The molecular weight excluding hydrogens is 1850 g/mol. The van der Waals surface area contributed by atoms with E-state index in [1.807, 2.05) is 0 Å². The van der Waals surface area contributed by atoms with Gasteiger partial charge in [0.2, 0.25) is 24.4 Å². The van der Waals surface area contributed by atoms with Gasteiger partial charge in [-0.1, -0.05) is 65.6 Å². The number of alkyl halides is 1. The molecule has 0 radical (unpaired) electrons. The second-order valence-corrected chi connectivity index (χ2v) is 28.1. The number of ether oxygens (including phenoxy) is 15. The van der Waals surface area contributed by atoms with E-state index in [2.05, 4.69) is 74.4 Å². The highest BCUT2D eigenvalue weighted by Gasteiger charge is 2.30. The van der Waals surface area contributed by atoms with Crippen LogP contribution in [0.5, 0.6) is 46.0 Å². The van der Waals surface area contributed by atoms with Gasteiger partial charge in [0.05, 0.1) is 25.6 Å². The van der Waals surface area contributed by atoms with E-state index in [4.69, 9.17) is 66.0 Å². The number of benzene rings is 8. The number of halogens is 5. The highest BCUT2D eigenvalue weighted by molar-refractivity contribution is 9.09. The average Bonchev–Trinajstić information content (AvgIpc) is 0.747. The molecule has 10 rings (SSSR count). The molecule has 0 saturated carbocycles. The summed E-state index contributed by atoms with van der Waals surface area (Å²) in [5.74, 6) is -15.4. The van der Waals surface area contributed by atoms with Gasteiger partial charge >= 0.3 is 65.7 Å². The molecule has 6 aromatic rings. The fourth-order valence-electron chi connectivity index (χ4n) is 12.3. The normalized spacial score (nSPS) is 10.5. The molecule has 0 fully saturated rings. The number of nitrogens with zero attached hydrogens (tertiary/aromatic N) is 3. The number of hydrogen-bond donors (Lipinski definition) is 4. The molecule has 4 N–H and O–H groups in total. The number of methoxy groups -OCH3 is 2. The van der Waals surface area contributed by atoms with Crippen LogP contribution in [0.1, 0.15) is 77.7 Å². The monoisotopic (exact) mass is 1950 g/mol. The van der Waals surface area contributed by atoms with Crippen LogP contribution in [0.4, 0.5) is 28.9 Å². The summed E-state index contributed by atoms with van der Waals surface area (Å²) < 4.78 is 149. The largest absolute Gasteiger partial charge is 0.505 e. The van der Waals surface area contributed by atoms with Gasteiger partial charge in [-0.15, -0.1) is 0 Å². The molecule has 2 heterocycles. The van der Waals surface area contributed by atoms with E-state index in [-0.39, 0.29) is 167 Å². The molecule has 0 spiro atoms. The van der Waals surface area contributed by atoms with E-state index in [0.29, 0.717) is 17.6 Å². The van der Waals surface area contributed by atoms with Gasteiger partial charge in [-0.05, 0) is 134 Å². The van der Waals surface area contributed by atoms with Crippen molar-refractivity contribution >= 4 is 115 Å². The number of anilines is 2. The molecule has 0 saturated heterocycles. The molecule has 4 aliphatic rings. The summed E-state index contributed by atoms with van der Waals surface area (Å²) in [7, 11) is 2.18. The number of carbonyl (C=O) groups is 11. The molecule has 0 atom stereocenters. The maximum absolute atomic E-state index is 15.7. The van der Waals surface area contributed by atoms with E-state index in [9.17, 15) is 86.4 Å². The molecule has 0 bridgehead atoms. The van der Waals surface area contributed by atoms with Crippen molar-refractivity contribution in [3.63, 3.8) is 0 Å². The Morgan fingerprint density at radius 1 is 0.403 bits per heavy atom. The van der Waals surface area contributed by atoms with Crippen molar-refractivity contribution in [2.75, 3.05) is 129 Å². The Bertz CT molecular complexity index is 5760. The first kappa shape index (κ1) is 111. The van der Waals surface area contributed by atoms with Crippen LogP contribution in [0, 0.1) is 23.3 Å². The summed E-state index contributed by atoms with van der Waals surface area (Å²) in [6, 6.07) is 29.9. The van der Waals surface area contributed by atoms with Gasteiger partial charge < -0.3 is 110 Å². The zero-order chi connectivity index (χ0) is 96.3. The van der Waals surface area contributed by atoms with Gasteiger partial charge in [-0.25, -0.2) is 36.7 Å². The number of phenols is 1. The summed E-state index contributed by atoms with van der Waals surface area (Å²) in [6.45, 7) is 8.05. The minimum absolute atomic E-state index is 0. The van der Waals surface area contributed by atoms with E-state index < -0.39 is 172 Å². The Balaban J connectivity index is 0.000000493. The fraction of sp³-hybridized carbons (Fsp3) is 0.337. The lowest BCUT2D eigenvalue weighted by Gasteiger charge is -2.28. The third kappa shape index (κ3) is 33.8. The Morgan fingerprint density at radius 2 is 0.784 bits per heavy atom. The zero-order valence-corrected chi connectivity index (χ0v) is 73.5. The van der Waals surface area contributed by atoms with Crippen LogP contribution in [0.15, 0.2) is 152 Å². The Kier molecular flexibility index (Phi) is 45.4. The molecule has 724 valence electrons. The van der Waals surface area contributed by atoms with Crippen LogP contribution in [-0.4, -0.2) is 222 Å². The number of carboxylic acids is 3. The smallest absolute Gasteiger partial charge is 0.347 e. The minimum Gasteiger partial charge on any atom is -0.505 e. The van der Waals surface area contributed by atoms with E-state index >= 15 is 8.78 Å². The van der Waals surface area contributed by atoms with Crippen molar-refractivity contribution in [2.24, 2.45) is 0 Å². The molecular formula is C92H102BrF4N3O34. The number of aromatic hydroxyl groups is 1. The van der Waals surface area contributed by atoms with Crippen molar-refractivity contribution in [1.82, 2.24) is 4.90 Å². The maximum Gasteiger partial charge on any atom is 0.347 e. The molecule has 6 aromatic carbocycles. The summed E-state index contributed by atoms with van der Waals surface area (Å²) in [5.41, 5.74) is -1.11. The third-order valence-electron chi connectivity index (χ3n) is 17.8. The number of hydrogen-bond acceptors (Lipinski definition) is 34. The number of phenolic OH excluding ortho intramolecular Hbond substituents is 1. The molecule has 42 heteroatoms. The Morgan fingerprint density at radius 3 is 1.18 bits per heavy atom. The first-order chi connectivity index (χ1) is 62.3. The van der Waals surface area contributed by atoms with Crippen molar-refractivity contribution in [2.45, 2.75) is 89.8 Å².